The van der Waals surface area contributed by atoms with Gasteiger partial charge in [0.25, 0.3) is 0 Å². The van der Waals surface area contributed by atoms with Crippen molar-refractivity contribution in [2.75, 3.05) is 44.8 Å². The number of aliphatic hydroxyl groups is 1. The van der Waals surface area contributed by atoms with Crippen molar-refractivity contribution < 1.29 is 19.4 Å². The third-order valence-electron chi connectivity index (χ3n) is 3.14. The fourth-order valence-corrected chi connectivity index (χ4v) is 2.46. The Bertz CT molecular complexity index is 510. The highest BCUT2D eigenvalue weighted by Gasteiger charge is 2.17. The summed E-state index contributed by atoms with van der Waals surface area (Å²) in [4.78, 5) is 13.9. The van der Waals surface area contributed by atoms with E-state index >= 15 is 0 Å². The summed E-state index contributed by atoms with van der Waals surface area (Å²) >= 11 is 3.41. The number of nitrogens with one attached hydrogen (secondary N) is 1. The minimum atomic E-state index is -0.136. The molecule has 1 aromatic carbocycles. The van der Waals surface area contributed by atoms with Crippen LogP contribution in [0.5, 0.6) is 11.5 Å². The zero-order valence-corrected chi connectivity index (χ0v) is 13.5. The Balaban J connectivity index is 2.03. The van der Waals surface area contributed by atoms with Gasteiger partial charge in [-0.05, 0) is 22.5 Å². The zero-order valence-electron chi connectivity index (χ0n) is 11.9. The molecule has 1 aliphatic heterocycles. The summed E-state index contributed by atoms with van der Waals surface area (Å²) in [7, 11) is 0. The first-order valence-electron chi connectivity index (χ1n) is 6.86. The van der Waals surface area contributed by atoms with Gasteiger partial charge in [-0.15, -0.1) is 0 Å². The van der Waals surface area contributed by atoms with E-state index in [0.717, 1.165) is 4.47 Å². The second-order valence-electron chi connectivity index (χ2n) is 4.62. The van der Waals surface area contributed by atoms with Gasteiger partial charge < -0.3 is 19.9 Å². The van der Waals surface area contributed by atoms with E-state index in [0.29, 0.717) is 43.5 Å². The number of carbonyl (C=O) groups is 1. The Labute approximate surface area is 132 Å². The van der Waals surface area contributed by atoms with Crippen LogP contribution in [0.1, 0.15) is 6.92 Å². The molecule has 0 bridgehead atoms. The summed E-state index contributed by atoms with van der Waals surface area (Å²) in [6.07, 6.45) is 0. The number of benzene rings is 1. The largest absolute Gasteiger partial charge is 0.486 e. The van der Waals surface area contributed by atoms with E-state index in [-0.39, 0.29) is 19.1 Å². The molecule has 0 unspecified atom stereocenters. The van der Waals surface area contributed by atoms with Crippen LogP contribution in [0.15, 0.2) is 16.6 Å². The number of hydrogen-bond acceptors (Lipinski definition) is 5. The number of aliphatic hydroxyl groups excluding tert-OH is 1. The quantitative estimate of drug-likeness (QED) is 0.805. The van der Waals surface area contributed by atoms with E-state index in [4.69, 9.17) is 14.6 Å². The third kappa shape index (κ3) is 4.33. The summed E-state index contributed by atoms with van der Waals surface area (Å²) in [5, 5.41) is 11.8. The maximum atomic E-state index is 12.0. The lowest BCUT2D eigenvalue weighted by atomic mass is 10.2. The van der Waals surface area contributed by atoms with Gasteiger partial charge in [-0.25, -0.2) is 0 Å². The Kier molecular flexibility index (Phi) is 5.84. The number of rotatable bonds is 6. The smallest absolute Gasteiger partial charge is 0.238 e. The molecule has 0 spiro atoms. The highest BCUT2D eigenvalue weighted by atomic mass is 79.9. The minimum absolute atomic E-state index is 0.0365. The third-order valence-corrected chi connectivity index (χ3v) is 3.79. The zero-order chi connectivity index (χ0) is 15.2. The molecule has 0 saturated heterocycles. The molecule has 6 nitrogen and oxygen atoms in total. The average Bonchev–Trinajstić information content (AvgIpc) is 2.47. The fourth-order valence-electron chi connectivity index (χ4n) is 2.04. The van der Waals surface area contributed by atoms with Crippen LogP contribution in [0.4, 0.5) is 5.69 Å². The molecular formula is C14H19BrN2O4. The van der Waals surface area contributed by atoms with Crippen LogP contribution >= 0.6 is 15.9 Å². The van der Waals surface area contributed by atoms with E-state index in [2.05, 4.69) is 21.2 Å². The number of carbonyl (C=O) groups excluding carboxylic acids is 1. The molecule has 0 atom stereocenters. The number of ether oxygens (including phenoxy) is 2. The predicted octanol–water partition coefficient (Wildman–Crippen LogP) is 1.47. The Morgan fingerprint density at radius 2 is 2.05 bits per heavy atom. The molecule has 2 N–H and O–H groups in total. The first kappa shape index (κ1) is 16.1. The summed E-state index contributed by atoms with van der Waals surface area (Å²) < 4.78 is 11.7. The molecule has 0 fully saturated rings. The molecule has 0 radical (unpaired) electrons. The second kappa shape index (κ2) is 7.63. The van der Waals surface area contributed by atoms with E-state index in [1.54, 1.807) is 12.1 Å². The Hall–Kier alpha value is -1.31. The molecule has 0 saturated carbocycles. The number of hydrogen-bond donors (Lipinski definition) is 2. The van der Waals surface area contributed by atoms with Crippen LogP contribution in [0, 0.1) is 0 Å². The minimum Gasteiger partial charge on any atom is -0.486 e. The maximum Gasteiger partial charge on any atom is 0.238 e. The molecular weight excluding hydrogens is 340 g/mol. The fraction of sp³-hybridized carbons (Fsp3) is 0.500. The summed E-state index contributed by atoms with van der Waals surface area (Å²) in [5.74, 6) is 1.16. The van der Waals surface area contributed by atoms with Crippen molar-refractivity contribution >= 4 is 27.5 Å². The Morgan fingerprint density at radius 3 is 2.67 bits per heavy atom. The van der Waals surface area contributed by atoms with Gasteiger partial charge in [0.15, 0.2) is 11.5 Å². The van der Waals surface area contributed by atoms with Gasteiger partial charge in [-0.3, -0.25) is 9.69 Å². The molecule has 1 amide bonds. The lowest BCUT2D eigenvalue weighted by Crippen LogP contribution is -2.35. The highest BCUT2D eigenvalue weighted by Crippen LogP contribution is 2.38. The van der Waals surface area contributed by atoms with Crippen LogP contribution in [-0.4, -0.2) is 55.4 Å². The Morgan fingerprint density at radius 1 is 1.38 bits per heavy atom. The number of fused-ring (bicyclic) bond motifs is 1. The van der Waals surface area contributed by atoms with Crippen molar-refractivity contribution in [3.8, 4) is 11.5 Å². The molecule has 1 aliphatic rings. The summed E-state index contributed by atoms with van der Waals surface area (Å²) in [5.41, 5.74) is 0.643. The maximum absolute atomic E-state index is 12.0. The van der Waals surface area contributed by atoms with E-state index < -0.39 is 0 Å². The SMILES string of the molecule is CCN(CCO)CC(=O)Nc1cc2c(cc1Br)OCCO2. The topological polar surface area (TPSA) is 71.0 Å². The number of nitrogens with zero attached hydrogens (tertiary/aromatic N) is 1. The molecule has 1 heterocycles. The number of halogens is 1. The first-order chi connectivity index (χ1) is 10.1. The number of likely N-dealkylation sites (N-methyl/N-ethyl adjacent to an activating group) is 1. The average molecular weight is 359 g/mol. The normalized spacial score (nSPS) is 13.3. The van der Waals surface area contributed by atoms with E-state index in [1.807, 2.05) is 11.8 Å². The second-order valence-corrected chi connectivity index (χ2v) is 5.47. The van der Waals surface area contributed by atoms with Gasteiger partial charge in [-0.2, -0.15) is 0 Å². The molecule has 2 rings (SSSR count). The number of amides is 1. The van der Waals surface area contributed by atoms with Gasteiger partial charge in [0, 0.05) is 23.2 Å². The van der Waals surface area contributed by atoms with Gasteiger partial charge in [-0.1, -0.05) is 6.92 Å². The van der Waals surface area contributed by atoms with E-state index in [1.165, 1.54) is 0 Å². The molecule has 1 aromatic rings. The highest BCUT2D eigenvalue weighted by molar-refractivity contribution is 9.10. The van der Waals surface area contributed by atoms with Crippen molar-refractivity contribution in [1.29, 1.82) is 0 Å². The summed E-state index contributed by atoms with van der Waals surface area (Å²) in [6.45, 7) is 4.43. The van der Waals surface area contributed by atoms with Crippen LogP contribution in [0.25, 0.3) is 0 Å². The standard InChI is InChI=1S/C14H19BrN2O4/c1-2-17(3-4-18)9-14(19)16-11-8-13-12(7-10(11)15)20-5-6-21-13/h7-8,18H,2-6,9H2,1H3,(H,16,19). The predicted molar refractivity (Wildman–Crippen MR) is 83.0 cm³/mol. The van der Waals surface area contributed by atoms with E-state index in [9.17, 15) is 4.79 Å². The number of anilines is 1. The lowest BCUT2D eigenvalue weighted by molar-refractivity contribution is -0.117. The lowest BCUT2D eigenvalue weighted by Gasteiger charge is -2.21. The van der Waals surface area contributed by atoms with Crippen LogP contribution in [-0.2, 0) is 4.79 Å². The molecule has 21 heavy (non-hydrogen) atoms. The van der Waals surface area contributed by atoms with Crippen LogP contribution < -0.4 is 14.8 Å². The van der Waals surface area contributed by atoms with Gasteiger partial charge in [0.05, 0.1) is 18.8 Å². The molecule has 7 heteroatoms. The van der Waals surface area contributed by atoms with Crippen LogP contribution in [0.3, 0.4) is 0 Å². The molecule has 0 aliphatic carbocycles. The van der Waals surface area contributed by atoms with Gasteiger partial charge in [0.2, 0.25) is 5.91 Å². The van der Waals surface area contributed by atoms with Crippen molar-refractivity contribution in [1.82, 2.24) is 4.90 Å². The molecule has 116 valence electrons. The van der Waals surface area contributed by atoms with Crippen molar-refractivity contribution in [2.24, 2.45) is 0 Å². The summed E-state index contributed by atoms with van der Waals surface area (Å²) in [6, 6.07) is 3.54. The van der Waals surface area contributed by atoms with Crippen molar-refractivity contribution in [2.45, 2.75) is 6.92 Å². The van der Waals surface area contributed by atoms with Crippen molar-refractivity contribution in [3.63, 3.8) is 0 Å². The molecule has 0 aromatic heterocycles. The monoisotopic (exact) mass is 358 g/mol. The van der Waals surface area contributed by atoms with Gasteiger partial charge in [0.1, 0.15) is 13.2 Å². The van der Waals surface area contributed by atoms with Crippen LogP contribution in [0.2, 0.25) is 0 Å². The van der Waals surface area contributed by atoms with Gasteiger partial charge >= 0.3 is 0 Å². The first-order valence-corrected chi connectivity index (χ1v) is 7.65. The van der Waals surface area contributed by atoms with Crippen molar-refractivity contribution in [3.05, 3.63) is 16.6 Å².